The Morgan fingerprint density at radius 2 is 2.16 bits per heavy atom. The van der Waals surface area contributed by atoms with Crippen molar-refractivity contribution in [1.29, 1.82) is 0 Å². The Labute approximate surface area is 119 Å². The summed E-state index contributed by atoms with van der Waals surface area (Å²) in [7, 11) is 0. The van der Waals surface area contributed by atoms with Crippen LogP contribution in [0.1, 0.15) is 28.9 Å². The lowest BCUT2D eigenvalue weighted by Gasteiger charge is -2.14. The van der Waals surface area contributed by atoms with Crippen LogP contribution in [-0.4, -0.2) is 10.9 Å². The lowest BCUT2D eigenvalue weighted by molar-refractivity contribution is 0.0939. The predicted octanol–water partition coefficient (Wildman–Crippen LogP) is 3.47. The van der Waals surface area contributed by atoms with Crippen molar-refractivity contribution in [3.05, 3.63) is 64.1 Å². The van der Waals surface area contributed by atoms with Crippen LogP contribution in [0.2, 0.25) is 0 Å². The van der Waals surface area contributed by atoms with Crippen LogP contribution in [0.5, 0.6) is 0 Å². The van der Waals surface area contributed by atoms with Crippen LogP contribution in [0.25, 0.3) is 0 Å². The molecular formula is C14H12BrFN2O. The number of nitrogens with zero attached hydrogens (tertiary/aromatic N) is 1. The second-order valence-corrected chi connectivity index (χ2v) is 4.93. The maximum Gasteiger partial charge on any atom is 0.251 e. The highest BCUT2D eigenvalue weighted by Crippen LogP contribution is 2.15. The summed E-state index contributed by atoms with van der Waals surface area (Å²) in [5, 5.41) is 2.81. The molecule has 5 heteroatoms. The molecule has 19 heavy (non-hydrogen) atoms. The van der Waals surface area contributed by atoms with Crippen LogP contribution < -0.4 is 5.32 Å². The topological polar surface area (TPSA) is 42.0 Å². The first-order valence-corrected chi connectivity index (χ1v) is 6.53. The van der Waals surface area contributed by atoms with Gasteiger partial charge in [0, 0.05) is 11.8 Å². The molecule has 1 atom stereocenters. The van der Waals surface area contributed by atoms with Crippen molar-refractivity contribution in [1.82, 2.24) is 10.3 Å². The molecular weight excluding hydrogens is 311 g/mol. The van der Waals surface area contributed by atoms with Crippen LogP contribution in [0.15, 0.2) is 47.2 Å². The van der Waals surface area contributed by atoms with Gasteiger partial charge in [-0.05, 0) is 52.7 Å². The lowest BCUT2D eigenvalue weighted by Crippen LogP contribution is -2.26. The van der Waals surface area contributed by atoms with Gasteiger partial charge in [-0.2, -0.15) is 0 Å². The van der Waals surface area contributed by atoms with E-state index in [9.17, 15) is 9.18 Å². The molecule has 1 unspecified atom stereocenters. The second-order valence-electron chi connectivity index (χ2n) is 4.12. The molecule has 0 aliphatic heterocycles. The number of hydrogen-bond donors (Lipinski definition) is 1. The molecule has 0 saturated heterocycles. The minimum Gasteiger partial charge on any atom is -0.346 e. The highest BCUT2D eigenvalue weighted by atomic mass is 79.9. The zero-order valence-corrected chi connectivity index (χ0v) is 11.8. The van der Waals surface area contributed by atoms with Crippen LogP contribution in [-0.2, 0) is 0 Å². The monoisotopic (exact) mass is 322 g/mol. The molecule has 0 bridgehead atoms. The molecule has 0 aliphatic carbocycles. The Morgan fingerprint density at radius 1 is 1.37 bits per heavy atom. The molecule has 3 nitrogen and oxygen atoms in total. The molecule has 1 heterocycles. The second kappa shape index (κ2) is 5.93. The molecule has 1 aromatic heterocycles. The highest BCUT2D eigenvalue weighted by molar-refractivity contribution is 9.10. The van der Waals surface area contributed by atoms with Crippen LogP contribution >= 0.6 is 15.9 Å². The van der Waals surface area contributed by atoms with E-state index < -0.39 is 0 Å². The third kappa shape index (κ3) is 3.61. The molecule has 98 valence electrons. The fourth-order valence-electron chi connectivity index (χ4n) is 1.68. The Balaban J connectivity index is 2.11. The fraction of sp³-hybridized carbons (Fsp3) is 0.143. The summed E-state index contributed by atoms with van der Waals surface area (Å²) in [6.45, 7) is 1.81. The van der Waals surface area contributed by atoms with Gasteiger partial charge in [0.2, 0.25) is 0 Å². The minimum absolute atomic E-state index is 0.222. The van der Waals surface area contributed by atoms with Crippen molar-refractivity contribution in [3.63, 3.8) is 0 Å². The van der Waals surface area contributed by atoms with Crippen LogP contribution in [0, 0.1) is 5.82 Å². The average molecular weight is 323 g/mol. The molecule has 0 radical (unpaired) electrons. The summed E-state index contributed by atoms with van der Waals surface area (Å²) in [6.07, 6.45) is 1.55. The normalized spacial score (nSPS) is 11.9. The largest absolute Gasteiger partial charge is 0.346 e. The van der Waals surface area contributed by atoms with Crippen molar-refractivity contribution >= 4 is 21.8 Å². The van der Waals surface area contributed by atoms with E-state index in [-0.39, 0.29) is 17.8 Å². The van der Waals surface area contributed by atoms with E-state index in [1.807, 2.05) is 6.92 Å². The van der Waals surface area contributed by atoms with Gasteiger partial charge in [0.1, 0.15) is 10.4 Å². The molecule has 0 aliphatic rings. The SMILES string of the molecule is CC(NC(=O)c1ccnc(Br)c1)c1cccc(F)c1. The standard InChI is InChI=1S/C14H12BrFN2O/c1-9(10-3-2-4-12(16)7-10)18-14(19)11-5-6-17-13(15)8-11/h2-9H,1H3,(H,18,19). The Hall–Kier alpha value is -1.75. The summed E-state index contributed by atoms with van der Waals surface area (Å²) >= 11 is 3.21. The van der Waals surface area contributed by atoms with Crippen molar-refractivity contribution in [2.75, 3.05) is 0 Å². The average Bonchev–Trinajstić information content (AvgIpc) is 2.38. The number of nitrogens with one attached hydrogen (secondary N) is 1. The van der Waals surface area contributed by atoms with Gasteiger partial charge in [0.05, 0.1) is 6.04 Å². The van der Waals surface area contributed by atoms with Crippen LogP contribution in [0.3, 0.4) is 0 Å². The van der Waals surface area contributed by atoms with E-state index in [0.717, 1.165) is 5.56 Å². The number of pyridine rings is 1. The Bertz CT molecular complexity index is 604. The third-order valence-corrected chi connectivity index (χ3v) is 3.12. The maximum absolute atomic E-state index is 13.1. The van der Waals surface area contributed by atoms with E-state index in [4.69, 9.17) is 0 Å². The van der Waals surface area contributed by atoms with E-state index in [1.54, 1.807) is 30.5 Å². The van der Waals surface area contributed by atoms with Gasteiger partial charge in [-0.1, -0.05) is 12.1 Å². The van der Waals surface area contributed by atoms with E-state index in [1.165, 1.54) is 12.1 Å². The highest BCUT2D eigenvalue weighted by Gasteiger charge is 2.12. The minimum atomic E-state index is -0.315. The summed E-state index contributed by atoms with van der Waals surface area (Å²) in [5.41, 5.74) is 1.23. The van der Waals surface area contributed by atoms with Gasteiger partial charge < -0.3 is 5.32 Å². The van der Waals surface area contributed by atoms with E-state index in [0.29, 0.717) is 10.2 Å². The number of benzene rings is 1. The van der Waals surface area contributed by atoms with Crippen molar-refractivity contribution < 1.29 is 9.18 Å². The molecule has 1 aromatic carbocycles. The first kappa shape index (κ1) is 13.7. The van der Waals surface area contributed by atoms with Gasteiger partial charge in [0.15, 0.2) is 0 Å². The first-order chi connectivity index (χ1) is 9.06. The molecule has 0 spiro atoms. The quantitative estimate of drug-likeness (QED) is 0.879. The zero-order valence-electron chi connectivity index (χ0n) is 10.2. The summed E-state index contributed by atoms with van der Waals surface area (Å²) in [5.74, 6) is -0.537. The molecule has 0 saturated carbocycles. The van der Waals surface area contributed by atoms with Gasteiger partial charge in [-0.15, -0.1) is 0 Å². The summed E-state index contributed by atoms with van der Waals surface area (Å²) in [6, 6.07) is 9.17. The maximum atomic E-state index is 13.1. The first-order valence-electron chi connectivity index (χ1n) is 5.74. The Morgan fingerprint density at radius 3 is 2.84 bits per heavy atom. The predicted molar refractivity (Wildman–Crippen MR) is 74.2 cm³/mol. The molecule has 2 rings (SSSR count). The number of halogens is 2. The summed E-state index contributed by atoms with van der Waals surface area (Å²) < 4.78 is 13.7. The fourth-order valence-corrected chi connectivity index (χ4v) is 2.05. The number of carbonyl (C=O) groups is 1. The molecule has 1 N–H and O–H groups in total. The molecule has 0 fully saturated rings. The van der Waals surface area contributed by atoms with Crippen molar-refractivity contribution in [2.24, 2.45) is 0 Å². The lowest BCUT2D eigenvalue weighted by atomic mass is 10.1. The van der Waals surface area contributed by atoms with Crippen LogP contribution in [0.4, 0.5) is 4.39 Å². The number of hydrogen-bond acceptors (Lipinski definition) is 2. The third-order valence-electron chi connectivity index (χ3n) is 2.69. The van der Waals surface area contributed by atoms with Crippen molar-refractivity contribution in [3.8, 4) is 0 Å². The number of rotatable bonds is 3. The van der Waals surface area contributed by atoms with Gasteiger partial charge >= 0.3 is 0 Å². The van der Waals surface area contributed by atoms with Gasteiger partial charge in [0.25, 0.3) is 5.91 Å². The van der Waals surface area contributed by atoms with Crippen molar-refractivity contribution in [2.45, 2.75) is 13.0 Å². The van der Waals surface area contributed by atoms with E-state index in [2.05, 4.69) is 26.2 Å². The smallest absolute Gasteiger partial charge is 0.251 e. The zero-order chi connectivity index (χ0) is 13.8. The number of aromatic nitrogens is 1. The van der Waals surface area contributed by atoms with Gasteiger partial charge in [-0.25, -0.2) is 9.37 Å². The number of amides is 1. The summed E-state index contributed by atoms with van der Waals surface area (Å²) in [4.78, 5) is 16.0. The number of carbonyl (C=O) groups excluding carboxylic acids is 1. The van der Waals surface area contributed by atoms with E-state index >= 15 is 0 Å². The molecule has 1 amide bonds. The molecule has 2 aromatic rings. The Kier molecular flexibility index (Phi) is 4.27. The van der Waals surface area contributed by atoms with Gasteiger partial charge in [-0.3, -0.25) is 4.79 Å².